The molecule has 0 spiro atoms. The van der Waals surface area contributed by atoms with Crippen molar-refractivity contribution in [3.63, 3.8) is 0 Å². The summed E-state index contributed by atoms with van der Waals surface area (Å²) in [7, 11) is 1.63. The molecule has 1 saturated heterocycles. The molecule has 1 heterocycles. The van der Waals surface area contributed by atoms with Crippen LogP contribution in [-0.2, 0) is 9.59 Å². The van der Waals surface area contributed by atoms with Crippen molar-refractivity contribution >= 4 is 11.7 Å². The smallest absolute Gasteiger partial charge is 0.289 e. The van der Waals surface area contributed by atoms with E-state index in [1.54, 1.807) is 7.05 Å². The van der Waals surface area contributed by atoms with Gasteiger partial charge in [-0.15, -0.1) is 0 Å². The maximum absolute atomic E-state index is 10.5. The van der Waals surface area contributed by atoms with E-state index in [-0.39, 0.29) is 11.7 Å². The second kappa shape index (κ2) is 1.58. The number of likely N-dealkylation sites (N-methyl/N-ethyl adjacent to an activating group) is 1. The Morgan fingerprint density at radius 3 is 2.25 bits per heavy atom. The molecule has 0 aromatic rings. The minimum Gasteiger partial charge on any atom is -0.339 e. The molecule has 1 aliphatic heterocycles. The SMILES string of the molecule is CN1CCC(=O)C1=O. The Balaban J connectivity index is 2.71. The zero-order valence-electron chi connectivity index (χ0n) is 4.68. The van der Waals surface area contributed by atoms with Crippen LogP contribution >= 0.6 is 0 Å². The van der Waals surface area contributed by atoms with Crippen molar-refractivity contribution in [2.45, 2.75) is 6.42 Å². The van der Waals surface area contributed by atoms with Crippen molar-refractivity contribution < 1.29 is 9.59 Å². The highest BCUT2D eigenvalue weighted by Gasteiger charge is 2.25. The van der Waals surface area contributed by atoms with Gasteiger partial charge in [0.25, 0.3) is 5.91 Å². The molecule has 1 aliphatic rings. The molecule has 1 rings (SSSR count). The lowest BCUT2D eigenvalue weighted by Gasteiger charge is -2.01. The van der Waals surface area contributed by atoms with Crippen molar-refractivity contribution in [1.29, 1.82) is 0 Å². The second-order valence-corrected chi connectivity index (χ2v) is 1.90. The van der Waals surface area contributed by atoms with Gasteiger partial charge in [0, 0.05) is 20.0 Å². The summed E-state index contributed by atoms with van der Waals surface area (Å²) in [5.74, 6) is -0.600. The molecule has 8 heavy (non-hydrogen) atoms. The lowest BCUT2D eigenvalue weighted by atomic mass is 10.3. The molecule has 1 fully saturated rings. The highest BCUT2D eigenvalue weighted by Crippen LogP contribution is 2.00. The van der Waals surface area contributed by atoms with Gasteiger partial charge < -0.3 is 4.90 Å². The third-order valence-corrected chi connectivity index (χ3v) is 1.26. The molecule has 0 bridgehead atoms. The van der Waals surface area contributed by atoms with Gasteiger partial charge >= 0.3 is 0 Å². The second-order valence-electron chi connectivity index (χ2n) is 1.90. The fraction of sp³-hybridized carbons (Fsp3) is 0.600. The topological polar surface area (TPSA) is 37.4 Å². The van der Waals surface area contributed by atoms with Gasteiger partial charge in [-0.3, -0.25) is 9.59 Å². The summed E-state index contributed by atoms with van der Waals surface area (Å²) in [6.45, 7) is 0.595. The van der Waals surface area contributed by atoms with E-state index in [9.17, 15) is 9.59 Å². The molecule has 0 aromatic heterocycles. The Morgan fingerprint density at radius 1 is 1.50 bits per heavy atom. The molecular formula is C5H7NO2. The zero-order valence-corrected chi connectivity index (χ0v) is 4.68. The fourth-order valence-corrected chi connectivity index (χ4v) is 0.691. The van der Waals surface area contributed by atoms with Crippen molar-refractivity contribution in [3.05, 3.63) is 0 Å². The van der Waals surface area contributed by atoms with Gasteiger partial charge in [-0.1, -0.05) is 0 Å². The first-order chi connectivity index (χ1) is 3.72. The normalized spacial score (nSPS) is 20.4. The maximum atomic E-state index is 10.5. The predicted octanol–water partition coefficient (Wildman–Crippen LogP) is -0.582. The molecule has 0 aliphatic carbocycles. The van der Waals surface area contributed by atoms with Crippen LogP contribution in [0.25, 0.3) is 0 Å². The number of rotatable bonds is 0. The monoisotopic (exact) mass is 113 g/mol. The van der Waals surface area contributed by atoms with Crippen LogP contribution in [-0.4, -0.2) is 30.2 Å². The fourth-order valence-electron chi connectivity index (χ4n) is 0.691. The average molecular weight is 113 g/mol. The molecule has 3 nitrogen and oxygen atoms in total. The lowest BCUT2D eigenvalue weighted by Crippen LogP contribution is -2.22. The Hall–Kier alpha value is -0.860. The van der Waals surface area contributed by atoms with E-state index in [1.165, 1.54) is 4.90 Å². The van der Waals surface area contributed by atoms with Gasteiger partial charge in [-0.2, -0.15) is 0 Å². The van der Waals surface area contributed by atoms with Crippen LogP contribution in [0.3, 0.4) is 0 Å². The molecular weight excluding hydrogens is 106 g/mol. The number of nitrogens with zero attached hydrogens (tertiary/aromatic N) is 1. The quantitative estimate of drug-likeness (QED) is 0.394. The summed E-state index contributed by atoms with van der Waals surface area (Å²) < 4.78 is 0. The summed E-state index contributed by atoms with van der Waals surface area (Å²) >= 11 is 0. The van der Waals surface area contributed by atoms with Gasteiger partial charge in [0.05, 0.1) is 0 Å². The van der Waals surface area contributed by atoms with Crippen LogP contribution in [0.2, 0.25) is 0 Å². The maximum Gasteiger partial charge on any atom is 0.289 e. The number of carbonyl (C=O) groups excluding carboxylic acids is 2. The summed E-state index contributed by atoms with van der Waals surface area (Å²) in [4.78, 5) is 22.3. The molecule has 1 amide bonds. The van der Waals surface area contributed by atoms with E-state index in [1.807, 2.05) is 0 Å². The zero-order chi connectivity index (χ0) is 6.15. The first-order valence-electron chi connectivity index (χ1n) is 2.50. The summed E-state index contributed by atoms with van der Waals surface area (Å²) in [6, 6.07) is 0. The van der Waals surface area contributed by atoms with Crippen molar-refractivity contribution in [1.82, 2.24) is 4.90 Å². The van der Waals surface area contributed by atoms with Crippen LogP contribution in [0.1, 0.15) is 6.42 Å². The Morgan fingerprint density at radius 2 is 2.12 bits per heavy atom. The van der Waals surface area contributed by atoms with Gasteiger partial charge in [0.2, 0.25) is 5.78 Å². The Bertz CT molecular complexity index is 141. The first-order valence-corrected chi connectivity index (χ1v) is 2.50. The number of ketones is 1. The van der Waals surface area contributed by atoms with Crippen LogP contribution in [0.15, 0.2) is 0 Å². The van der Waals surface area contributed by atoms with E-state index in [4.69, 9.17) is 0 Å². The van der Waals surface area contributed by atoms with Crippen molar-refractivity contribution in [2.75, 3.05) is 13.6 Å². The Labute approximate surface area is 47.3 Å². The Kier molecular flexibility index (Phi) is 1.04. The van der Waals surface area contributed by atoms with E-state index >= 15 is 0 Å². The highest BCUT2D eigenvalue weighted by molar-refractivity contribution is 6.37. The van der Waals surface area contributed by atoms with E-state index < -0.39 is 0 Å². The van der Waals surface area contributed by atoms with Crippen LogP contribution in [0, 0.1) is 0 Å². The average Bonchev–Trinajstić information content (AvgIpc) is 1.98. The predicted molar refractivity (Wildman–Crippen MR) is 27.3 cm³/mol. The largest absolute Gasteiger partial charge is 0.339 e. The molecule has 0 radical (unpaired) electrons. The number of likely N-dealkylation sites (tertiary alicyclic amines) is 1. The van der Waals surface area contributed by atoms with Gasteiger partial charge in [0.15, 0.2) is 0 Å². The number of amides is 1. The van der Waals surface area contributed by atoms with Crippen molar-refractivity contribution in [2.24, 2.45) is 0 Å². The van der Waals surface area contributed by atoms with Crippen LogP contribution < -0.4 is 0 Å². The highest BCUT2D eigenvalue weighted by atomic mass is 16.2. The molecule has 3 heteroatoms. The van der Waals surface area contributed by atoms with Gasteiger partial charge in [-0.05, 0) is 0 Å². The molecule has 0 aromatic carbocycles. The van der Waals surface area contributed by atoms with Crippen LogP contribution in [0.4, 0.5) is 0 Å². The minimum atomic E-state index is -0.343. The molecule has 0 N–H and O–H groups in total. The minimum absolute atomic E-state index is 0.257. The van der Waals surface area contributed by atoms with Gasteiger partial charge in [0.1, 0.15) is 0 Å². The third kappa shape index (κ3) is 0.598. The summed E-state index contributed by atoms with van der Waals surface area (Å²) in [5, 5.41) is 0. The molecule has 0 saturated carbocycles. The summed E-state index contributed by atoms with van der Waals surface area (Å²) in [6.07, 6.45) is 0.398. The third-order valence-electron chi connectivity index (χ3n) is 1.26. The first kappa shape index (κ1) is 5.28. The number of hydrogen-bond acceptors (Lipinski definition) is 2. The number of Topliss-reactive ketones (excluding diaryl/α,β-unsaturated/α-hetero) is 1. The van der Waals surface area contributed by atoms with E-state index in [0.29, 0.717) is 13.0 Å². The van der Waals surface area contributed by atoms with E-state index in [2.05, 4.69) is 0 Å². The number of hydrogen-bond donors (Lipinski definition) is 0. The van der Waals surface area contributed by atoms with Crippen LogP contribution in [0.5, 0.6) is 0 Å². The standard InChI is InChI=1S/C5H7NO2/c1-6-3-2-4(7)5(6)8/h2-3H2,1H3. The van der Waals surface area contributed by atoms with E-state index in [0.717, 1.165) is 0 Å². The van der Waals surface area contributed by atoms with Gasteiger partial charge in [-0.25, -0.2) is 0 Å². The molecule has 44 valence electrons. The van der Waals surface area contributed by atoms with Crippen molar-refractivity contribution in [3.8, 4) is 0 Å². The lowest BCUT2D eigenvalue weighted by molar-refractivity contribution is -0.139. The molecule has 0 unspecified atom stereocenters. The molecule has 0 atom stereocenters. The number of carbonyl (C=O) groups is 2. The summed E-state index contributed by atoms with van der Waals surface area (Å²) in [5.41, 5.74) is 0.